The molecule has 0 saturated heterocycles. The predicted molar refractivity (Wildman–Crippen MR) is 63.6 cm³/mol. The Morgan fingerprint density at radius 1 is 1.24 bits per heavy atom. The summed E-state index contributed by atoms with van der Waals surface area (Å²) in [5, 5.41) is 8.00. The van der Waals surface area contributed by atoms with Crippen LogP contribution in [0.3, 0.4) is 0 Å². The van der Waals surface area contributed by atoms with Crippen LogP contribution in [0.2, 0.25) is 5.15 Å². The highest BCUT2D eigenvalue weighted by Gasteiger charge is 2.09. The van der Waals surface area contributed by atoms with Crippen molar-refractivity contribution in [1.29, 1.82) is 0 Å². The summed E-state index contributed by atoms with van der Waals surface area (Å²) in [6.07, 6.45) is 0. The van der Waals surface area contributed by atoms with Gasteiger partial charge in [-0.3, -0.25) is 0 Å². The van der Waals surface area contributed by atoms with Gasteiger partial charge < -0.3 is 4.74 Å². The van der Waals surface area contributed by atoms with Crippen molar-refractivity contribution < 1.29 is 9.13 Å². The van der Waals surface area contributed by atoms with Crippen molar-refractivity contribution in [2.45, 2.75) is 6.92 Å². The van der Waals surface area contributed by atoms with E-state index >= 15 is 0 Å². The lowest BCUT2D eigenvalue weighted by Crippen LogP contribution is -1.96. The molecule has 17 heavy (non-hydrogen) atoms. The Morgan fingerprint density at radius 3 is 2.71 bits per heavy atom. The molecule has 0 spiro atoms. The first-order chi connectivity index (χ1) is 8.20. The van der Waals surface area contributed by atoms with E-state index in [1.807, 2.05) is 6.92 Å². The van der Waals surface area contributed by atoms with Gasteiger partial charge >= 0.3 is 0 Å². The van der Waals surface area contributed by atoms with Crippen LogP contribution < -0.4 is 4.74 Å². The highest BCUT2D eigenvalue weighted by molar-refractivity contribution is 6.29. The number of ether oxygens (including phenoxy) is 1. The molecule has 3 nitrogen and oxygen atoms in total. The molecule has 0 unspecified atom stereocenters. The van der Waals surface area contributed by atoms with E-state index in [1.54, 1.807) is 18.2 Å². The number of halogens is 2. The van der Waals surface area contributed by atoms with Crippen LogP contribution in [-0.4, -0.2) is 16.8 Å². The van der Waals surface area contributed by atoms with Gasteiger partial charge in [0.2, 0.25) is 0 Å². The SMILES string of the molecule is CCOc1cc(F)ccc1-c1ccc(Cl)nn1. The molecule has 2 aromatic rings. The first-order valence-corrected chi connectivity index (χ1v) is 5.50. The van der Waals surface area contributed by atoms with Gasteiger partial charge in [0.1, 0.15) is 11.6 Å². The van der Waals surface area contributed by atoms with E-state index in [0.717, 1.165) is 0 Å². The zero-order chi connectivity index (χ0) is 12.3. The summed E-state index contributed by atoms with van der Waals surface area (Å²) in [5.41, 5.74) is 1.29. The van der Waals surface area contributed by atoms with Gasteiger partial charge in [0, 0.05) is 11.6 Å². The average molecular weight is 253 g/mol. The highest BCUT2D eigenvalue weighted by Crippen LogP contribution is 2.29. The highest BCUT2D eigenvalue weighted by atomic mass is 35.5. The number of hydrogen-bond acceptors (Lipinski definition) is 3. The van der Waals surface area contributed by atoms with Crippen LogP contribution in [0.1, 0.15) is 6.92 Å². The van der Waals surface area contributed by atoms with Crippen LogP contribution in [0.4, 0.5) is 4.39 Å². The Hall–Kier alpha value is -1.68. The van der Waals surface area contributed by atoms with Crippen molar-refractivity contribution >= 4 is 11.6 Å². The first kappa shape index (κ1) is 11.8. The van der Waals surface area contributed by atoms with E-state index in [1.165, 1.54) is 12.1 Å². The molecule has 0 aliphatic rings. The maximum Gasteiger partial charge on any atom is 0.151 e. The normalized spacial score (nSPS) is 10.3. The van der Waals surface area contributed by atoms with Crippen molar-refractivity contribution in [2.75, 3.05) is 6.61 Å². The van der Waals surface area contributed by atoms with E-state index < -0.39 is 0 Å². The number of hydrogen-bond donors (Lipinski definition) is 0. The first-order valence-electron chi connectivity index (χ1n) is 5.12. The van der Waals surface area contributed by atoms with Gasteiger partial charge in [-0.2, -0.15) is 0 Å². The topological polar surface area (TPSA) is 35.0 Å². The molecule has 88 valence electrons. The van der Waals surface area contributed by atoms with Gasteiger partial charge in [0.15, 0.2) is 5.15 Å². The molecule has 0 radical (unpaired) electrons. The molecule has 0 bridgehead atoms. The molecule has 0 fully saturated rings. The molecule has 1 aromatic carbocycles. The van der Waals surface area contributed by atoms with Crippen LogP contribution in [0, 0.1) is 5.82 Å². The molecule has 0 N–H and O–H groups in total. The third-order valence-electron chi connectivity index (χ3n) is 2.15. The minimum Gasteiger partial charge on any atom is -0.493 e. The fourth-order valence-corrected chi connectivity index (χ4v) is 1.54. The number of nitrogens with zero attached hydrogens (tertiary/aromatic N) is 2. The predicted octanol–water partition coefficient (Wildman–Crippen LogP) is 3.33. The summed E-state index contributed by atoms with van der Waals surface area (Å²) >= 11 is 5.66. The molecule has 0 atom stereocenters. The number of rotatable bonds is 3. The smallest absolute Gasteiger partial charge is 0.151 e. The van der Waals surface area contributed by atoms with Crippen LogP contribution in [0.5, 0.6) is 5.75 Å². The summed E-state index contributed by atoms with van der Waals surface area (Å²) in [5.74, 6) is 0.100. The average Bonchev–Trinajstić information content (AvgIpc) is 2.31. The lowest BCUT2D eigenvalue weighted by Gasteiger charge is -2.09. The van der Waals surface area contributed by atoms with Crippen molar-refractivity contribution in [3.8, 4) is 17.0 Å². The minimum atomic E-state index is -0.348. The second kappa shape index (κ2) is 5.10. The molecule has 0 amide bonds. The molecule has 0 saturated carbocycles. The molecule has 2 rings (SSSR count). The molecule has 1 heterocycles. The van der Waals surface area contributed by atoms with E-state index in [4.69, 9.17) is 16.3 Å². The quantitative estimate of drug-likeness (QED) is 0.840. The van der Waals surface area contributed by atoms with Gasteiger partial charge in [-0.25, -0.2) is 4.39 Å². The zero-order valence-corrected chi connectivity index (χ0v) is 9.91. The van der Waals surface area contributed by atoms with Crippen molar-refractivity contribution in [3.63, 3.8) is 0 Å². The van der Waals surface area contributed by atoms with Gasteiger partial charge in [0.05, 0.1) is 12.3 Å². The molecular formula is C12H10ClFN2O. The van der Waals surface area contributed by atoms with Crippen LogP contribution in [0.15, 0.2) is 30.3 Å². The van der Waals surface area contributed by atoms with Crippen LogP contribution >= 0.6 is 11.6 Å². The van der Waals surface area contributed by atoms with Gasteiger partial charge in [-0.15, -0.1) is 10.2 Å². The van der Waals surface area contributed by atoms with Crippen molar-refractivity contribution in [2.24, 2.45) is 0 Å². The summed E-state index contributed by atoms with van der Waals surface area (Å²) in [7, 11) is 0. The molecule has 5 heteroatoms. The summed E-state index contributed by atoms with van der Waals surface area (Å²) in [4.78, 5) is 0. The minimum absolute atomic E-state index is 0.314. The monoisotopic (exact) mass is 252 g/mol. The maximum atomic E-state index is 13.1. The standard InChI is InChI=1S/C12H10ClFN2O/c1-2-17-11-7-8(14)3-4-9(11)10-5-6-12(13)16-15-10/h3-7H,2H2,1H3. The summed E-state index contributed by atoms with van der Waals surface area (Å²) < 4.78 is 18.5. The Balaban J connectivity index is 2.46. The Kier molecular flexibility index (Phi) is 3.54. The Labute approximate surface area is 103 Å². The summed E-state index contributed by atoms with van der Waals surface area (Å²) in [6, 6.07) is 7.63. The van der Waals surface area contributed by atoms with Gasteiger partial charge in [-0.1, -0.05) is 11.6 Å². The number of aromatic nitrogens is 2. The Bertz CT molecular complexity index is 516. The third-order valence-corrected chi connectivity index (χ3v) is 2.35. The zero-order valence-electron chi connectivity index (χ0n) is 9.15. The fourth-order valence-electron chi connectivity index (χ4n) is 1.44. The molecule has 0 aliphatic carbocycles. The van der Waals surface area contributed by atoms with Gasteiger partial charge in [0.25, 0.3) is 0 Å². The molecular weight excluding hydrogens is 243 g/mol. The van der Waals surface area contributed by atoms with Gasteiger partial charge in [-0.05, 0) is 31.2 Å². The number of benzene rings is 1. The van der Waals surface area contributed by atoms with Crippen molar-refractivity contribution in [1.82, 2.24) is 10.2 Å². The van der Waals surface area contributed by atoms with Crippen LogP contribution in [-0.2, 0) is 0 Å². The van der Waals surface area contributed by atoms with E-state index in [-0.39, 0.29) is 5.82 Å². The molecule has 0 aliphatic heterocycles. The maximum absolute atomic E-state index is 13.1. The fraction of sp³-hybridized carbons (Fsp3) is 0.167. The van der Waals surface area contributed by atoms with Crippen molar-refractivity contribution in [3.05, 3.63) is 41.3 Å². The second-order valence-electron chi connectivity index (χ2n) is 3.31. The lowest BCUT2D eigenvalue weighted by atomic mass is 10.1. The summed E-state index contributed by atoms with van der Waals surface area (Å²) in [6.45, 7) is 2.29. The largest absolute Gasteiger partial charge is 0.493 e. The van der Waals surface area contributed by atoms with E-state index in [2.05, 4.69) is 10.2 Å². The Morgan fingerprint density at radius 2 is 2.06 bits per heavy atom. The van der Waals surface area contributed by atoms with E-state index in [9.17, 15) is 4.39 Å². The lowest BCUT2D eigenvalue weighted by molar-refractivity contribution is 0.339. The third kappa shape index (κ3) is 2.71. The van der Waals surface area contributed by atoms with Crippen LogP contribution in [0.25, 0.3) is 11.3 Å². The van der Waals surface area contributed by atoms with E-state index in [0.29, 0.717) is 28.8 Å². The second-order valence-corrected chi connectivity index (χ2v) is 3.70. The molecule has 1 aromatic heterocycles.